The van der Waals surface area contributed by atoms with Crippen molar-refractivity contribution in [1.82, 2.24) is 9.55 Å². The smallest absolute Gasteiger partial charge is 0.0953 e. The molecule has 1 heterocycles. The molecule has 0 aliphatic carbocycles. The van der Waals surface area contributed by atoms with Gasteiger partial charge in [0, 0.05) is 6.04 Å². The second-order valence-corrected chi connectivity index (χ2v) is 2.52. The fourth-order valence-electron chi connectivity index (χ4n) is 0.904. The average molecular weight is 166 g/mol. The molecule has 0 bridgehead atoms. The van der Waals surface area contributed by atoms with E-state index in [4.69, 9.17) is 0 Å². The summed E-state index contributed by atoms with van der Waals surface area (Å²) in [6, 6.07) is 0.468. The van der Waals surface area contributed by atoms with Gasteiger partial charge in [-0.1, -0.05) is 20.4 Å². The molecular weight excluding hydrogens is 148 g/mol. The van der Waals surface area contributed by atoms with Crippen molar-refractivity contribution in [2.75, 3.05) is 0 Å². The summed E-state index contributed by atoms with van der Waals surface area (Å²) in [5, 5.41) is 0. The van der Waals surface area contributed by atoms with Crippen LogP contribution in [-0.4, -0.2) is 9.55 Å². The molecule has 0 fully saturated rings. The number of aromatic nitrogens is 2. The fraction of sp³-hybridized carbons (Fsp3) is 0.500. The molecule has 2 nitrogen and oxygen atoms in total. The summed E-state index contributed by atoms with van der Waals surface area (Å²) in [5.41, 5.74) is 1.08. The molecule has 0 saturated carbocycles. The van der Waals surface area contributed by atoms with Gasteiger partial charge in [-0.2, -0.15) is 0 Å². The first kappa shape index (κ1) is 11.0. The van der Waals surface area contributed by atoms with Gasteiger partial charge in [0.05, 0.1) is 18.2 Å². The normalized spacial score (nSPS) is 9.08. The van der Waals surface area contributed by atoms with Crippen LogP contribution >= 0.6 is 0 Å². The lowest BCUT2D eigenvalue weighted by Gasteiger charge is -2.07. The monoisotopic (exact) mass is 166 g/mol. The van der Waals surface area contributed by atoms with E-state index in [1.165, 1.54) is 0 Å². The lowest BCUT2D eigenvalue weighted by Crippen LogP contribution is -1.99. The molecule has 0 radical (unpaired) electrons. The molecule has 0 aliphatic heterocycles. The lowest BCUT2D eigenvalue weighted by molar-refractivity contribution is 0.595. The van der Waals surface area contributed by atoms with Crippen LogP contribution in [0.5, 0.6) is 0 Å². The van der Waals surface area contributed by atoms with Crippen LogP contribution in [0, 0.1) is 0 Å². The van der Waals surface area contributed by atoms with Gasteiger partial charge in [0.25, 0.3) is 0 Å². The highest BCUT2D eigenvalue weighted by Crippen LogP contribution is 2.08. The third-order valence-electron chi connectivity index (χ3n) is 1.46. The summed E-state index contributed by atoms with van der Waals surface area (Å²) < 4.78 is 2.08. The van der Waals surface area contributed by atoms with Crippen molar-refractivity contribution in [2.24, 2.45) is 0 Å². The summed E-state index contributed by atoms with van der Waals surface area (Å²) >= 11 is 0. The standard InChI is InChI=1S/C8H12N2.C2H6/c1-4-8-5-9-6-10(8)7(2)3;1-2/h4-7H,1H2,2-3H3;1-2H3. The number of imidazole rings is 1. The zero-order chi connectivity index (χ0) is 9.56. The second kappa shape index (κ2) is 5.58. The molecule has 12 heavy (non-hydrogen) atoms. The Morgan fingerprint density at radius 1 is 1.50 bits per heavy atom. The van der Waals surface area contributed by atoms with Crippen molar-refractivity contribution in [2.45, 2.75) is 33.7 Å². The van der Waals surface area contributed by atoms with Crippen molar-refractivity contribution in [3.63, 3.8) is 0 Å². The first-order valence-corrected chi connectivity index (χ1v) is 4.40. The van der Waals surface area contributed by atoms with E-state index in [0.29, 0.717) is 6.04 Å². The third kappa shape index (κ3) is 2.53. The first-order valence-electron chi connectivity index (χ1n) is 4.40. The minimum atomic E-state index is 0.468. The SMILES string of the molecule is C=Cc1cncn1C(C)C.CC. The fourth-order valence-corrected chi connectivity index (χ4v) is 0.904. The highest BCUT2D eigenvalue weighted by atomic mass is 15.1. The molecule has 1 aromatic rings. The van der Waals surface area contributed by atoms with Crippen LogP contribution in [0.4, 0.5) is 0 Å². The topological polar surface area (TPSA) is 17.8 Å². The molecule has 0 atom stereocenters. The number of rotatable bonds is 2. The van der Waals surface area contributed by atoms with Gasteiger partial charge in [-0.3, -0.25) is 0 Å². The molecular formula is C10H18N2. The van der Waals surface area contributed by atoms with Crippen LogP contribution in [0.3, 0.4) is 0 Å². The van der Waals surface area contributed by atoms with Crippen LogP contribution in [0.2, 0.25) is 0 Å². The van der Waals surface area contributed by atoms with Crippen LogP contribution in [-0.2, 0) is 0 Å². The maximum atomic E-state index is 4.01. The van der Waals surface area contributed by atoms with E-state index in [2.05, 4.69) is 30.0 Å². The molecule has 0 aliphatic rings. The quantitative estimate of drug-likeness (QED) is 0.660. The summed E-state index contributed by atoms with van der Waals surface area (Å²) in [7, 11) is 0. The average Bonchev–Trinajstić information content (AvgIpc) is 2.55. The largest absolute Gasteiger partial charge is 0.329 e. The molecule has 0 amide bonds. The predicted octanol–water partition coefficient (Wildman–Crippen LogP) is 3.13. The van der Waals surface area contributed by atoms with Crippen LogP contribution in [0.15, 0.2) is 19.1 Å². The van der Waals surface area contributed by atoms with E-state index in [1.807, 2.05) is 32.4 Å². The van der Waals surface area contributed by atoms with Crippen molar-refractivity contribution in [3.05, 3.63) is 24.8 Å². The van der Waals surface area contributed by atoms with E-state index in [9.17, 15) is 0 Å². The van der Waals surface area contributed by atoms with Gasteiger partial charge in [-0.15, -0.1) is 0 Å². The first-order chi connectivity index (χ1) is 5.75. The van der Waals surface area contributed by atoms with Gasteiger partial charge in [0.2, 0.25) is 0 Å². The highest BCUT2D eigenvalue weighted by molar-refractivity contribution is 5.40. The maximum Gasteiger partial charge on any atom is 0.0953 e. The molecule has 0 spiro atoms. The second-order valence-electron chi connectivity index (χ2n) is 2.52. The summed E-state index contributed by atoms with van der Waals surface area (Å²) in [6.45, 7) is 11.9. The van der Waals surface area contributed by atoms with E-state index in [0.717, 1.165) is 5.69 Å². The van der Waals surface area contributed by atoms with E-state index >= 15 is 0 Å². The van der Waals surface area contributed by atoms with Crippen LogP contribution < -0.4 is 0 Å². The molecule has 0 unspecified atom stereocenters. The zero-order valence-corrected chi connectivity index (χ0v) is 8.41. The van der Waals surface area contributed by atoms with Gasteiger partial charge < -0.3 is 4.57 Å². The van der Waals surface area contributed by atoms with E-state index < -0.39 is 0 Å². The van der Waals surface area contributed by atoms with Crippen molar-refractivity contribution in [1.29, 1.82) is 0 Å². The molecule has 68 valence electrons. The Morgan fingerprint density at radius 2 is 2.08 bits per heavy atom. The number of nitrogens with zero attached hydrogens (tertiary/aromatic N) is 2. The Morgan fingerprint density at radius 3 is 2.42 bits per heavy atom. The van der Waals surface area contributed by atoms with Gasteiger partial charge >= 0.3 is 0 Å². The minimum absolute atomic E-state index is 0.468. The van der Waals surface area contributed by atoms with E-state index in [1.54, 1.807) is 0 Å². The van der Waals surface area contributed by atoms with Crippen LogP contribution in [0.25, 0.3) is 6.08 Å². The lowest BCUT2D eigenvalue weighted by atomic mass is 10.3. The minimum Gasteiger partial charge on any atom is -0.329 e. The van der Waals surface area contributed by atoms with Crippen molar-refractivity contribution < 1.29 is 0 Å². The molecule has 0 aromatic carbocycles. The summed E-state index contributed by atoms with van der Waals surface area (Å²) in [6.07, 6.45) is 5.45. The number of hydrogen-bond acceptors (Lipinski definition) is 1. The Kier molecular flexibility index (Phi) is 5.09. The Labute approximate surface area is 74.9 Å². The van der Waals surface area contributed by atoms with Gasteiger partial charge in [-0.05, 0) is 19.9 Å². The van der Waals surface area contributed by atoms with Gasteiger partial charge in [0.15, 0.2) is 0 Å². The summed E-state index contributed by atoms with van der Waals surface area (Å²) in [4.78, 5) is 4.01. The van der Waals surface area contributed by atoms with Crippen molar-refractivity contribution in [3.8, 4) is 0 Å². The maximum absolute atomic E-state index is 4.01. The predicted molar refractivity (Wildman–Crippen MR) is 54.1 cm³/mol. The van der Waals surface area contributed by atoms with Crippen LogP contribution in [0.1, 0.15) is 39.4 Å². The Balaban J connectivity index is 0.000000561. The van der Waals surface area contributed by atoms with Gasteiger partial charge in [0.1, 0.15) is 0 Å². The van der Waals surface area contributed by atoms with Crippen molar-refractivity contribution >= 4 is 6.08 Å². The molecule has 1 rings (SSSR count). The number of hydrogen-bond donors (Lipinski definition) is 0. The third-order valence-corrected chi connectivity index (χ3v) is 1.46. The van der Waals surface area contributed by atoms with E-state index in [-0.39, 0.29) is 0 Å². The summed E-state index contributed by atoms with van der Waals surface area (Å²) in [5.74, 6) is 0. The molecule has 0 N–H and O–H groups in total. The molecule has 2 heteroatoms. The molecule has 0 saturated heterocycles. The Hall–Kier alpha value is -1.05. The zero-order valence-electron chi connectivity index (χ0n) is 8.41. The Bertz CT molecular complexity index is 223. The van der Waals surface area contributed by atoms with Gasteiger partial charge in [-0.25, -0.2) is 4.98 Å². The molecule has 1 aromatic heterocycles. The highest BCUT2D eigenvalue weighted by Gasteiger charge is 1.99.